The third kappa shape index (κ3) is 3.38. The maximum Gasteiger partial charge on any atom is 0.348 e. The monoisotopic (exact) mass is 341 g/mol. The van der Waals surface area contributed by atoms with Crippen LogP contribution in [0.15, 0.2) is 58.3 Å². The van der Waals surface area contributed by atoms with Gasteiger partial charge in [-0.25, -0.2) is 4.79 Å². The van der Waals surface area contributed by atoms with Crippen molar-refractivity contribution >= 4 is 23.2 Å². The van der Waals surface area contributed by atoms with Crippen LogP contribution >= 0.6 is 11.3 Å². The van der Waals surface area contributed by atoms with Crippen LogP contribution in [0.25, 0.3) is 11.3 Å². The van der Waals surface area contributed by atoms with Gasteiger partial charge in [-0.1, -0.05) is 30.3 Å². The van der Waals surface area contributed by atoms with Crippen molar-refractivity contribution in [3.8, 4) is 11.3 Å². The smallest absolute Gasteiger partial charge is 0.348 e. The van der Waals surface area contributed by atoms with Crippen molar-refractivity contribution in [3.05, 3.63) is 70.1 Å². The molecule has 1 amide bonds. The average molecular weight is 341 g/mol. The summed E-state index contributed by atoms with van der Waals surface area (Å²) in [7, 11) is 1.33. The lowest BCUT2D eigenvalue weighted by atomic mass is 10.2. The van der Waals surface area contributed by atoms with E-state index in [9.17, 15) is 9.59 Å². The van der Waals surface area contributed by atoms with Crippen molar-refractivity contribution in [2.45, 2.75) is 6.54 Å². The van der Waals surface area contributed by atoms with Gasteiger partial charge in [-0.2, -0.15) is 0 Å². The van der Waals surface area contributed by atoms with E-state index in [1.807, 2.05) is 30.3 Å². The molecule has 0 aliphatic carbocycles. The number of esters is 1. The molecule has 1 aromatic carbocycles. The third-order valence-electron chi connectivity index (χ3n) is 3.43. The van der Waals surface area contributed by atoms with E-state index in [0.717, 1.165) is 5.56 Å². The highest BCUT2D eigenvalue weighted by molar-refractivity contribution is 7.12. The first-order valence-corrected chi connectivity index (χ1v) is 8.15. The predicted octanol–water partition coefficient (Wildman–Crippen LogP) is 3.72. The van der Waals surface area contributed by atoms with Crippen molar-refractivity contribution in [2.75, 3.05) is 7.11 Å². The van der Waals surface area contributed by atoms with Gasteiger partial charge in [-0.15, -0.1) is 11.3 Å². The SMILES string of the molecule is COC(=O)c1sccc1-c1ccc(C(=O)NCc2ccccc2)o1. The molecule has 0 bridgehead atoms. The maximum atomic E-state index is 12.2. The second-order valence-corrected chi connectivity index (χ2v) is 5.90. The van der Waals surface area contributed by atoms with Gasteiger partial charge in [0.25, 0.3) is 5.91 Å². The van der Waals surface area contributed by atoms with Gasteiger partial charge in [0.15, 0.2) is 5.76 Å². The van der Waals surface area contributed by atoms with Crippen LogP contribution in [0.2, 0.25) is 0 Å². The number of ether oxygens (including phenoxy) is 1. The van der Waals surface area contributed by atoms with Crippen LogP contribution in [0.5, 0.6) is 0 Å². The molecule has 24 heavy (non-hydrogen) atoms. The normalized spacial score (nSPS) is 10.4. The Labute approximate surface area is 142 Å². The Bertz CT molecular complexity index is 851. The number of amides is 1. The lowest BCUT2D eigenvalue weighted by molar-refractivity contribution is 0.0607. The van der Waals surface area contributed by atoms with Crippen molar-refractivity contribution in [2.24, 2.45) is 0 Å². The molecule has 0 saturated carbocycles. The highest BCUT2D eigenvalue weighted by Gasteiger charge is 2.19. The summed E-state index contributed by atoms with van der Waals surface area (Å²) in [6.07, 6.45) is 0. The molecule has 0 radical (unpaired) electrons. The molecule has 0 fully saturated rings. The number of hydrogen-bond donors (Lipinski definition) is 1. The van der Waals surface area contributed by atoms with Gasteiger partial charge in [0.1, 0.15) is 10.6 Å². The zero-order chi connectivity index (χ0) is 16.9. The first-order chi connectivity index (χ1) is 11.7. The summed E-state index contributed by atoms with van der Waals surface area (Å²) in [6, 6.07) is 14.6. The van der Waals surface area contributed by atoms with E-state index < -0.39 is 5.97 Å². The summed E-state index contributed by atoms with van der Waals surface area (Å²) >= 11 is 1.27. The second kappa shape index (κ2) is 7.14. The summed E-state index contributed by atoms with van der Waals surface area (Å²) < 4.78 is 10.3. The van der Waals surface area contributed by atoms with Crippen molar-refractivity contribution in [1.29, 1.82) is 0 Å². The van der Waals surface area contributed by atoms with E-state index in [1.54, 1.807) is 23.6 Å². The zero-order valence-corrected chi connectivity index (χ0v) is 13.8. The van der Waals surface area contributed by atoms with Crippen molar-refractivity contribution in [3.63, 3.8) is 0 Å². The lowest BCUT2D eigenvalue weighted by Gasteiger charge is -2.03. The van der Waals surface area contributed by atoms with Gasteiger partial charge in [-0.05, 0) is 29.1 Å². The quantitative estimate of drug-likeness (QED) is 0.718. The minimum Gasteiger partial charge on any atom is -0.465 e. The van der Waals surface area contributed by atoms with Crippen LogP contribution < -0.4 is 5.32 Å². The third-order valence-corrected chi connectivity index (χ3v) is 4.32. The van der Waals surface area contributed by atoms with Crippen LogP contribution in [0.4, 0.5) is 0 Å². The van der Waals surface area contributed by atoms with Crippen LogP contribution in [-0.4, -0.2) is 19.0 Å². The Kier molecular flexibility index (Phi) is 4.77. The molecular formula is C18H15NO4S. The summed E-state index contributed by atoms with van der Waals surface area (Å²) in [4.78, 5) is 24.4. The van der Waals surface area contributed by atoms with Gasteiger partial charge in [-0.3, -0.25) is 4.79 Å². The fourth-order valence-corrected chi connectivity index (χ4v) is 3.04. The van der Waals surface area contributed by atoms with E-state index in [-0.39, 0.29) is 11.7 Å². The van der Waals surface area contributed by atoms with E-state index in [0.29, 0.717) is 22.7 Å². The lowest BCUT2D eigenvalue weighted by Crippen LogP contribution is -2.22. The summed E-state index contributed by atoms with van der Waals surface area (Å²) in [5.74, 6) is -0.0733. The number of hydrogen-bond acceptors (Lipinski definition) is 5. The number of furan rings is 1. The highest BCUT2D eigenvalue weighted by Crippen LogP contribution is 2.30. The van der Waals surface area contributed by atoms with E-state index in [2.05, 4.69) is 5.32 Å². The number of carbonyl (C=O) groups excluding carboxylic acids is 2. The zero-order valence-electron chi connectivity index (χ0n) is 12.9. The Balaban J connectivity index is 1.72. The molecule has 0 aliphatic rings. The fourth-order valence-electron chi connectivity index (χ4n) is 2.22. The molecule has 1 N–H and O–H groups in total. The van der Waals surface area contributed by atoms with Crippen LogP contribution in [0.3, 0.4) is 0 Å². The Morgan fingerprint density at radius 1 is 1.12 bits per heavy atom. The van der Waals surface area contributed by atoms with Gasteiger partial charge in [0.2, 0.25) is 0 Å². The molecule has 3 rings (SSSR count). The molecule has 6 heteroatoms. The van der Waals surface area contributed by atoms with Crippen LogP contribution in [-0.2, 0) is 11.3 Å². The topological polar surface area (TPSA) is 68.5 Å². The maximum absolute atomic E-state index is 12.2. The summed E-state index contributed by atoms with van der Waals surface area (Å²) in [5, 5.41) is 4.58. The molecule has 0 saturated heterocycles. The van der Waals surface area contributed by atoms with Gasteiger partial charge in [0, 0.05) is 12.1 Å². The highest BCUT2D eigenvalue weighted by atomic mass is 32.1. The molecule has 2 aromatic heterocycles. The summed E-state index contributed by atoms with van der Waals surface area (Å²) in [6.45, 7) is 0.418. The van der Waals surface area contributed by atoms with E-state index >= 15 is 0 Å². The van der Waals surface area contributed by atoms with Crippen LogP contribution in [0, 0.1) is 0 Å². The molecule has 0 spiro atoms. The molecule has 2 heterocycles. The number of benzene rings is 1. The number of rotatable bonds is 5. The first-order valence-electron chi connectivity index (χ1n) is 7.27. The molecule has 0 unspecified atom stereocenters. The minimum atomic E-state index is -0.425. The Hall–Kier alpha value is -2.86. The second-order valence-electron chi connectivity index (χ2n) is 4.99. The minimum absolute atomic E-state index is 0.197. The van der Waals surface area contributed by atoms with E-state index in [1.165, 1.54) is 18.4 Å². The van der Waals surface area contributed by atoms with Gasteiger partial charge >= 0.3 is 5.97 Å². The first kappa shape index (κ1) is 16.0. The number of methoxy groups -OCH3 is 1. The van der Waals surface area contributed by atoms with Crippen LogP contribution in [0.1, 0.15) is 25.8 Å². The fraction of sp³-hybridized carbons (Fsp3) is 0.111. The molecule has 0 aliphatic heterocycles. The molecular weight excluding hydrogens is 326 g/mol. The molecule has 0 atom stereocenters. The predicted molar refractivity (Wildman–Crippen MR) is 91.0 cm³/mol. The van der Waals surface area contributed by atoms with Crippen molar-refractivity contribution < 1.29 is 18.7 Å². The molecule has 5 nitrogen and oxygen atoms in total. The van der Waals surface area contributed by atoms with Gasteiger partial charge in [0.05, 0.1) is 7.11 Å². The Morgan fingerprint density at radius 3 is 2.67 bits per heavy atom. The number of thiophene rings is 1. The summed E-state index contributed by atoms with van der Waals surface area (Å²) in [5.41, 5.74) is 1.62. The largest absolute Gasteiger partial charge is 0.465 e. The average Bonchev–Trinajstić information content (AvgIpc) is 3.28. The number of nitrogens with one attached hydrogen (secondary N) is 1. The number of carbonyl (C=O) groups is 2. The van der Waals surface area contributed by atoms with Gasteiger partial charge < -0.3 is 14.5 Å². The Morgan fingerprint density at radius 2 is 1.92 bits per heavy atom. The van der Waals surface area contributed by atoms with E-state index in [4.69, 9.17) is 9.15 Å². The molecule has 122 valence electrons. The molecule has 3 aromatic rings. The van der Waals surface area contributed by atoms with Crippen molar-refractivity contribution in [1.82, 2.24) is 5.32 Å². The standard InChI is InChI=1S/C18H15NO4S/c1-22-18(21)16-13(9-10-24-16)14-7-8-15(23-14)17(20)19-11-12-5-3-2-4-6-12/h2-10H,11H2,1H3,(H,19,20).